The fourth-order valence-electron chi connectivity index (χ4n) is 6.43. The van der Waals surface area contributed by atoms with Crippen LogP contribution in [-0.4, -0.2) is 239 Å². The van der Waals surface area contributed by atoms with Gasteiger partial charge in [0.2, 0.25) is 0 Å². The summed E-state index contributed by atoms with van der Waals surface area (Å²) < 4.78 is 10.6. The molecule has 0 radical (unpaired) electrons. The summed E-state index contributed by atoms with van der Waals surface area (Å²) in [6.45, 7) is -1.93. The van der Waals surface area contributed by atoms with Gasteiger partial charge in [-0.1, -0.05) is 6.42 Å². The summed E-state index contributed by atoms with van der Waals surface area (Å²) in [6, 6.07) is -1.10. The van der Waals surface area contributed by atoms with E-state index < -0.39 is 123 Å². The van der Waals surface area contributed by atoms with Gasteiger partial charge in [0.15, 0.2) is 6.29 Å². The van der Waals surface area contributed by atoms with Crippen LogP contribution in [0, 0.1) is 0 Å². The fourth-order valence-corrected chi connectivity index (χ4v) is 6.43. The minimum Gasteiger partial charge on any atom is -0.480 e. The third kappa shape index (κ3) is 13.3. The number of nitrogens with one attached hydrogen (secondary N) is 1. The van der Waals surface area contributed by atoms with E-state index in [1.54, 1.807) is 11.8 Å². The lowest BCUT2D eigenvalue weighted by atomic mass is 9.96. The lowest BCUT2D eigenvalue weighted by Gasteiger charge is -2.43. The molecule has 2 saturated heterocycles. The van der Waals surface area contributed by atoms with Gasteiger partial charge in [0.25, 0.3) is 0 Å². The van der Waals surface area contributed by atoms with Crippen LogP contribution in [0.3, 0.4) is 0 Å². The molecule has 22 heteroatoms. The van der Waals surface area contributed by atoms with E-state index in [1.165, 1.54) is 9.80 Å². The minimum absolute atomic E-state index is 0.0372. The number of rotatable bonds is 23. The standard InChI is InChI=1S/C30H54N4O18/c1-30(34(10-21(41)42)11-22(43)44)14-32(9-20(39)40)6-7-33(15-30)16(28(49)50)4-2-3-5-31-8-17(37)23(45)27(18(38)12-35)52-29-26(48)25(47)24(46)19(13-36)51-29/h16-19,23-27,29,31,35-38,45-48H,2-15H2,1H3,(H,39,40)(H,41,42)(H,43,44)(H,49,50). The zero-order valence-corrected chi connectivity index (χ0v) is 28.8. The van der Waals surface area contributed by atoms with E-state index in [2.05, 4.69) is 5.32 Å². The maximum atomic E-state index is 12.4. The zero-order valence-electron chi connectivity index (χ0n) is 28.8. The highest BCUT2D eigenvalue weighted by atomic mass is 16.7. The van der Waals surface area contributed by atoms with Gasteiger partial charge in [-0.2, -0.15) is 0 Å². The summed E-state index contributed by atoms with van der Waals surface area (Å²) >= 11 is 0. The van der Waals surface area contributed by atoms with Crippen LogP contribution in [0.4, 0.5) is 0 Å². The van der Waals surface area contributed by atoms with Crippen molar-refractivity contribution in [2.45, 2.75) is 92.9 Å². The number of aliphatic hydroxyl groups is 8. The number of aliphatic hydroxyl groups excluding tert-OH is 8. The quantitative estimate of drug-likeness (QED) is 0.0431. The minimum atomic E-state index is -1.89. The van der Waals surface area contributed by atoms with E-state index in [9.17, 15) is 80.5 Å². The van der Waals surface area contributed by atoms with E-state index in [4.69, 9.17) is 9.47 Å². The number of aliphatic carboxylic acids is 4. The molecule has 0 bridgehead atoms. The molecule has 2 heterocycles. The maximum Gasteiger partial charge on any atom is 0.320 e. The lowest BCUT2D eigenvalue weighted by molar-refractivity contribution is -0.327. The van der Waals surface area contributed by atoms with Gasteiger partial charge in [-0.3, -0.25) is 33.9 Å². The van der Waals surface area contributed by atoms with Gasteiger partial charge in [0.1, 0.15) is 48.8 Å². The van der Waals surface area contributed by atoms with Crippen LogP contribution in [0.5, 0.6) is 0 Å². The molecule has 22 nitrogen and oxygen atoms in total. The van der Waals surface area contributed by atoms with Crippen molar-refractivity contribution in [2.75, 3.05) is 72.1 Å². The molecule has 0 aromatic heterocycles. The average Bonchev–Trinajstić information content (AvgIpc) is 3.23. The molecule has 2 rings (SSSR count). The second-order valence-electron chi connectivity index (χ2n) is 13.4. The second-order valence-corrected chi connectivity index (χ2v) is 13.4. The number of hydrogen-bond donors (Lipinski definition) is 13. The zero-order chi connectivity index (χ0) is 39.3. The molecule has 0 aromatic rings. The first-order valence-corrected chi connectivity index (χ1v) is 16.8. The summed E-state index contributed by atoms with van der Waals surface area (Å²) in [6.07, 6.45) is -14.9. The van der Waals surface area contributed by atoms with Crippen molar-refractivity contribution in [1.29, 1.82) is 0 Å². The SMILES string of the molecule is CC1(N(CC(=O)O)CC(=O)O)CN(CC(=O)O)CCN(C(CCCCNCC(O)C(O)C(OC2OC(CO)C(O)C(O)C2O)C(O)CO)C(=O)O)C1. The number of carboxylic acids is 4. The molecule has 2 aliphatic heterocycles. The van der Waals surface area contributed by atoms with Gasteiger partial charge in [-0.15, -0.1) is 0 Å². The van der Waals surface area contributed by atoms with Crippen LogP contribution in [0.2, 0.25) is 0 Å². The van der Waals surface area contributed by atoms with Crippen molar-refractivity contribution in [1.82, 2.24) is 20.0 Å². The van der Waals surface area contributed by atoms with Gasteiger partial charge in [0, 0.05) is 38.3 Å². The van der Waals surface area contributed by atoms with Gasteiger partial charge in [-0.25, -0.2) is 0 Å². The number of hydrogen-bond acceptors (Lipinski definition) is 18. The van der Waals surface area contributed by atoms with Gasteiger partial charge < -0.3 is 76.1 Å². The molecule has 52 heavy (non-hydrogen) atoms. The molecular weight excluding hydrogens is 704 g/mol. The fraction of sp³-hybridized carbons (Fsp3) is 0.867. The Morgan fingerprint density at radius 1 is 0.885 bits per heavy atom. The first-order valence-electron chi connectivity index (χ1n) is 16.8. The average molecular weight is 759 g/mol. The van der Waals surface area contributed by atoms with Crippen molar-refractivity contribution in [3.8, 4) is 0 Å². The van der Waals surface area contributed by atoms with E-state index >= 15 is 0 Å². The topological polar surface area (TPSA) is 351 Å². The molecule has 13 N–H and O–H groups in total. The highest BCUT2D eigenvalue weighted by molar-refractivity contribution is 5.74. The maximum absolute atomic E-state index is 12.4. The van der Waals surface area contributed by atoms with E-state index in [1.807, 2.05) is 0 Å². The van der Waals surface area contributed by atoms with Crippen molar-refractivity contribution >= 4 is 23.9 Å². The lowest BCUT2D eigenvalue weighted by Crippen LogP contribution is -2.61. The summed E-state index contributed by atoms with van der Waals surface area (Å²) in [4.78, 5) is 51.4. The normalized spacial score (nSPS) is 29.2. The predicted molar refractivity (Wildman–Crippen MR) is 173 cm³/mol. The number of unbranched alkanes of at least 4 members (excludes halogenated alkanes) is 1. The third-order valence-corrected chi connectivity index (χ3v) is 9.18. The predicted octanol–water partition coefficient (Wildman–Crippen LogP) is -6.61. The van der Waals surface area contributed by atoms with Crippen LogP contribution < -0.4 is 5.32 Å². The molecule has 0 aliphatic carbocycles. The number of nitrogens with zero attached hydrogens (tertiary/aromatic N) is 3. The monoisotopic (exact) mass is 758 g/mol. The van der Waals surface area contributed by atoms with Gasteiger partial charge in [-0.05, 0) is 26.3 Å². The van der Waals surface area contributed by atoms with Gasteiger partial charge in [0.05, 0.1) is 39.0 Å². The molecule has 0 saturated carbocycles. The number of ether oxygens (including phenoxy) is 2. The third-order valence-electron chi connectivity index (χ3n) is 9.18. The number of carboxylic acid groups (broad SMARTS) is 4. The molecular formula is C30H54N4O18. The molecule has 0 aromatic carbocycles. The molecule has 0 amide bonds. The summed E-state index contributed by atoms with van der Waals surface area (Å²) in [5, 5.41) is 122. The Morgan fingerprint density at radius 2 is 1.52 bits per heavy atom. The Morgan fingerprint density at radius 3 is 2.06 bits per heavy atom. The Balaban J connectivity index is 2.02. The molecule has 2 aliphatic rings. The summed E-state index contributed by atoms with van der Waals surface area (Å²) in [7, 11) is 0. The molecule has 0 spiro atoms. The molecule has 2 fully saturated rings. The first kappa shape index (κ1) is 45.5. The molecule has 11 atom stereocenters. The van der Waals surface area contributed by atoms with E-state index in [0.717, 1.165) is 0 Å². The Hall–Kier alpha value is -2.68. The summed E-state index contributed by atoms with van der Waals surface area (Å²) in [5.74, 6) is -4.99. The largest absolute Gasteiger partial charge is 0.480 e. The van der Waals surface area contributed by atoms with Crippen molar-refractivity contribution in [3.05, 3.63) is 0 Å². The second kappa shape index (κ2) is 21.3. The van der Waals surface area contributed by atoms with Crippen LogP contribution in [0.25, 0.3) is 0 Å². The van der Waals surface area contributed by atoms with Crippen LogP contribution >= 0.6 is 0 Å². The van der Waals surface area contributed by atoms with Crippen molar-refractivity contribution < 1.29 is 89.9 Å². The Labute approximate surface area is 299 Å². The molecule has 11 unspecified atom stereocenters. The Kier molecular flexibility index (Phi) is 18.6. The van der Waals surface area contributed by atoms with E-state index in [0.29, 0.717) is 12.8 Å². The van der Waals surface area contributed by atoms with Crippen molar-refractivity contribution in [3.63, 3.8) is 0 Å². The first-order chi connectivity index (χ1) is 24.3. The number of carbonyl (C=O) groups is 4. The van der Waals surface area contributed by atoms with Gasteiger partial charge >= 0.3 is 23.9 Å². The highest BCUT2D eigenvalue weighted by Gasteiger charge is 2.47. The van der Waals surface area contributed by atoms with Crippen LogP contribution in [0.15, 0.2) is 0 Å². The van der Waals surface area contributed by atoms with Crippen LogP contribution in [0.1, 0.15) is 26.2 Å². The molecule has 302 valence electrons. The van der Waals surface area contributed by atoms with Crippen molar-refractivity contribution in [2.24, 2.45) is 0 Å². The summed E-state index contributed by atoms with van der Waals surface area (Å²) in [5.41, 5.74) is -1.26. The highest BCUT2D eigenvalue weighted by Crippen LogP contribution is 2.26. The smallest absolute Gasteiger partial charge is 0.320 e. The van der Waals surface area contributed by atoms with Crippen LogP contribution in [-0.2, 0) is 28.7 Å². The Bertz CT molecular complexity index is 1140. The van der Waals surface area contributed by atoms with E-state index in [-0.39, 0.29) is 45.7 Å².